The molecule has 7 nitrogen and oxygen atoms in total. The van der Waals surface area contributed by atoms with E-state index in [0.717, 1.165) is 11.3 Å². The number of halogens is 1. The number of phosphoric ester groups is 1. The number of carbonyl (C=O) groups is 1. The molecule has 0 aromatic heterocycles. The molecule has 0 aliphatic rings. The lowest BCUT2D eigenvalue weighted by Crippen LogP contribution is -2.12. The molecule has 0 aliphatic heterocycles. The summed E-state index contributed by atoms with van der Waals surface area (Å²) in [6.07, 6.45) is 0. The standard InChI is InChI=1S/C20H18FN2O5P/c21-16-8-4-14(5-9-16)13-22-17-10-6-15(7-11-17)20(24)23-18-2-1-3-19(12-18)28-29(25,26)27/h1-12,22H,13H2,(H,23,24)(H2,25,26,27). The van der Waals surface area contributed by atoms with Crippen LogP contribution in [0.5, 0.6) is 5.75 Å². The summed E-state index contributed by atoms with van der Waals surface area (Å²) < 4.78 is 28.3. The fourth-order valence-corrected chi connectivity index (χ4v) is 2.91. The summed E-state index contributed by atoms with van der Waals surface area (Å²) >= 11 is 0. The van der Waals surface area contributed by atoms with Crippen molar-refractivity contribution in [3.63, 3.8) is 0 Å². The van der Waals surface area contributed by atoms with E-state index in [1.807, 2.05) is 0 Å². The van der Waals surface area contributed by atoms with E-state index in [9.17, 15) is 13.8 Å². The maximum atomic E-state index is 12.9. The van der Waals surface area contributed by atoms with Crippen molar-refractivity contribution in [2.75, 3.05) is 10.6 Å². The summed E-state index contributed by atoms with van der Waals surface area (Å²) in [5, 5.41) is 5.82. The van der Waals surface area contributed by atoms with Crippen LogP contribution in [-0.2, 0) is 11.1 Å². The van der Waals surface area contributed by atoms with Gasteiger partial charge in [0.05, 0.1) is 0 Å². The van der Waals surface area contributed by atoms with Gasteiger partial charge in [0.2, 0.25) is 0 Å². The van der Waals surface area contributed by atoms with E-state index in [1.54, 1.807) is 42.5 Å². The fraction of sp³-hybridized carbons (Fsp3) is 0.0500. The highest BCUT2D eigenvalue weighted by Gasteiger charge is 2.16. The average molecular weight is 416 g/mol. The van der Waals surface area contributed by atoms with Crippen molar-refractivity contribution in [3.05, 3.63) is 89.7 Å². The van der Waals surface area contributed by atoms with Crippen molar-refractivity contribution in [1.82, 2.24) is 0 Å². The van der Waals surface area contributed by atoms with Crippen LogP contribution in [0.15, 0.2) is 72.8 Å². The van der Waals surface area contributed by atoms with Crippen LogP contribution in [0.25, 0.3) is 0 Å². The van der Waals surface area contributed by atoms with Crippen LogP contribution >= 0.6 is 7.82 Å². The first-order chi connectivity index (χ1) is 13.8. The van der Waals surface area contributed by atoms with Gasteiger partial charge in [0.15, 0.2) is 0 Å². The normalized spacial score (nSPS) is 11.0. The highest BCUT2D eigenvalue weighted by Crippen LogP contribution is 2.38. The molecule has 9 heteroatoms. The van der Waals surface area contributed by atoms with Crippen LogP contribution < -0.4 is 15.2 Å². The molecule has 0 unspecified atom stereocenters. The van der Waals surface area contributed by atoms with Gasteiger partial charge in [-0.25, -0.2) is 8.96 Å². The van der Waals surface area contributed by atoms with E-state index in [2.05, 4.69) is 15.2 Å². The Morgan fingerprint density at radius 2 is 1.66 bits per heavy atom. The predicted molar refractivity (Wildman–Crippen MR) is 107 cm³/mol. The number of hydrogen-bond acceptors (Lipinski definition) is 4. The Morgan fingerprint density at radius 1 is 0.966 bits per heavy atom. The number of hydrogen-bond donors (Lipinski definition) is 4. The summed E-state index contributed by atoms with van der Waals surface area (Å²) in [6, 6.07) is 18.7. The van der Waals surface area contributed by atoms with Crippen LogP contribution in [0, 0.1) is 5.82 Å². The second-order valence-electron chi connectivity index (χ2n) is 6.12. The second-order valence-corrected chi connectivity index (χ2v) is 7.28. The molecule has 1 amide bonds. The van der Waals surface area contributed by atoms with Gasteiger partial charge in [-0.2, -0.15) is 0 Å². The third-order valence-electron chi connectivity index (χ3n) is 3.87. The zero-order chi connectivity index (χ0) is 20.9. The van der Waals surface area contributed by atoms with Crippen molar-refractivity contribution in [1.29, 1.82) is 0 Å². The molecular formula is C20H18FN2O5P. The van der Waals surface area contributed by atoms with E-state index in [-0.39, 0.29) is 17.5 Å². The van der Waals surface area contributed by atoms with Gasteiger partial charge in [-0.15, -0.1) is 0 Å². The SMILES string of the molecule is O=C(Nc1cccc(OP(=O)(O)O)c1)c1ccc(NCc2ccc(F)cc2)cc1. The molecule has 0 bridgehead atoms. The van der Waals surface area contributed by atoms with E-state index >= 15 is 0 Å². The Balaban J connectivity index is 1.59. The van der Waals surface area contributed by atoms with Crippen molar-refractivity contribution in [2.45, 2.75) is 6.54 Å². The summed E-state index contributed by atoms with van der Waals surface area (Å²) in [4.78, 5) is 30.1. The summed E-state index contributed by atoms with van der Waals surface area (Å²) in [7, 11) is -4.68. The molecule has 3 aromatic rings. The maximum Gasteiger partial charge on any atom is 0.524 e. The number of phosphoric acid groups is 1. The lowest BCUT2D eigenvalue weighted by Gasteiger charge is -2.10. The maximum absolute atomic E-state index is 12.9. The zero-order valence-electron chi connectivity index (χ0n) is 15.1. The van der Waals surface area contributed by atoms with Gasteiger partial charge in [-0.05, 0) is 54.1 Å². The molecule has 150 valence electrons. The first-order valence-electron chi connectivity index (χ1n) is 8.53. The van der Waals surface area contributed by atoms with Crippen molar-refractivity contribution in [2.24, 2.45) is 0 Å². The number of carbonyl (C=O) groups excluding carboxylic acids is 1. The molecule has 4 N–H and O–H groups in total. The fourth-order valence-electron chi connectivity index (χ4n) is 2.52. The van der Waals surface area contributed by atoms with Crippen molar-refractivity contribution < 1.29 is 28.1 Å². The Bertz CT molecular complexity index is 1040. The van der Waals surface area contributed by atoms with E-state index in [0.29, 0.717) is 17.8 Å². The molecule has 0 saturated carbocycles. The number of nitrogens with one attached hydrogen (secondary N) is 2. The Morgan fingerprint density at radius 3 is 2.31 bits per heavy atom. The molecule has 0 atom stereocenters. The van der Waals surface area contributed by atoms with Gasteiger partial charge in [0, 0.05) is 29.5 Å². The topological polar surface area (TPSA) is 108 Å². The quantitative estimate of drug-likeness (QED) is 0.431. The molecule has 0 spiro atoms. The van der Waals surface area contributed by atoms with Gasteiger partial charge >= 0.3 is 7.82 Å². The minimum absolute atomic E-state index is 0.0588. The second kappa shape index (κ2) is 8.87. The third kappa shape index (κ3) is 6.43. The van der Waals surface area contributed by atoms with Gasteiger partial charge in [-0.1, -0.05) is 18.2 Å². The number of rotatable bonds is 7. The molecule has 0 fully saturated rings. The number of amides is 1. The molecule has 3 aromatic carbocycles. The molecule has 0 saturated heterocycles. The highest BCUT2D eigenvalue weighted by molar-refractivity contribution is 7.46. The number of anilines is 2. The van der Waals surface area contributed by atoms with Gasteiger partial charge in [0.1, 0.15) is 11.6 Å². The number of benzene rings is 3. The third-order valence-corrected chi connectivity index (χ3v) is 4.32. The average Bonchev–Trinajstić information content (AvgIpc) is 2.67. The summed E-state index contributed by atoms with van der Waals surface area (Å²) in [6.45, 7) is 0.512. The van der Waals surface area contributed by atoms with Gasteiger partial charge in [-0.3, -0.25) is 14.6 Å². The lowest BCUT2D eigenvalue weighted by atomic mass is 10.1. The van der Waals surface area contributed by atoms with E-state index < -0.39 is 7.82 Å². The van der Waals surface area contributed by atoms with Crippen LogP contribution in [0.2, 0.25) is 0 Å². The summed E-state index contributed by atoms with van der Waals surface area (Å²) in [5.41, 5.74) is 2.45. The molecular weight excluding hydrogens is 398 g/mol. The lowest BCUT2D eigenvalue weighted by molar-refractivity contribution is 0.102. The molecule has 0 radical (unpaired) electrons. The zero-order valence-corrected chi connectivity index (χ0v) is 16.0. The van der Waals surface area contributed by atoms with E-state index in [4.69, 9.17) is 9.79 Å². The first kappa shape index (κ1) is 20.5. The predicted octanol–water partition coefficient (Wildman–Crippen LogP) is 4.16. The Kier molecular flexibility index (Phi) is 6.29. The molecule has 0 heterocycles. The monoisotopic (exact) mass is 416 g/mol. The Hall–Kier alpha value is -3.19. The molecule has 3 rings (SSSR count). The van der Waals surface area contributed by atoms with Gasteiger partial charge < -0.3 is 15.2 Å². The largest absolute Gasteiger partial charge is 0.524 e. The molecule has 0 aliphatic carbocycles. The first-order valence-corrected chi connectivity index (χ1v) is 10.1. The van der Waals surface area contributed by atoms with E-state index in [1.165, 1.54) is 30.3 Å². The summed E-state index contributed by atoms with van der Waals surface area (Å²) in [5.74, 6) is -0.733. The molecule has 29 heavy (non-hydrogen) atoms. The highest BCUT2D eigenvalue weighted by atomic mass is 31.2. The van der Waals surface area contributed by atoms with Crippen molar-refractivity contribution >= 4 is 25.1 Å². The van der Waals surface area contributed by atoms with Crippen molar-refractivity contribution in [3.8, 4) is 5.75 Å². The minimum atomic E-state index is -4.68. The minimum Gasteiger partial charge on any atom is -0.404 e. The van der Waals surface area contributed by atoms with Gasteiger partial charge in [0.25, 0.3) is 5.91 Å². The van der Waals surface area contributed by atoms with Crippen LogP contribution in [0.4, 0.5) is 15.8 Å². The Labute approximate surface area is 166 Å². The van der Waals surface area contributed by atoms with Crippen LogP contribution in [0.1, 0.15) is 15.9 Å². The van der Waals surface area contributed by atoms with Crippen LogP contribution in [-0.4, -0.2) is 15.7 Å². The smallest absolute Gasteiger partial charge is 0.404 e. The van der Waals surface area contributed by atoms with Crippen LogP contribution in [0.3, 0.4) is 0 Å².